The molecule has 2 amide bonds. The molecule has 9 heteroatoms. The summed E-state index contributed by atoms with van der Waals surface area (Å²) < 4.78 is 11.1. The molecule has 3 heterocycles. The SMILES string of the molecule is CC(OC(=O)c1ccc2c(c1)C(=O)N(Cc1ccncc1)C2=O)c1nnc(-c2ccccc2)o1. The molecule has 5 rings (SSSR count). The molecule has 0 saturated heterocycles. The molecule has 4 aromatic rings. The summed E-state index contributed by atoms with van der Waals surface area (Å²) in [5, 5.41) is 7.96. The lowest BCUT2D eigenvalue weighted by Crippen LogP contribution is -2.29. The predicted octanol–water partition coefficient (Wildman–Crippen LogP) is 3.85. The van der Waals surface area contributed by atoms with Crippen molar-refractivity contribution < 1.29 is 23.5 Å². The largest absolute Gasteiger partial charge is 0.449 e. The lowest BCUT2D eigenvalue weighted by atomic mass is 10.1. The smallest absolute Gasteiger partial charge is 0.338 e. The third kappa shape index (κ3) is 3.95. The molecule has 0 spiro atoms. The fraction of sp³-hybridized carbons (Fsp3) is 0.120. The number of amides is 2. The Morgan fingerprint density at radius 2 is 1.71 bits per heavy atom. The summed E-state index contributed by atoms with van der Waals surface area (Å²) in [5.41, 5.74) is 2.06. The molecule has 0 fully saturated rings. The first-order valence-corrected chi connectivity index (χ1v) is 10.5. The second-order valence-electron chi connectivity index (χ2n) is 7.67. The molecule has 0 aliphatic carbocycles. The monoisotopic (exact) mass is 454 g/mol. The number of esters is 1. The van der Waals surface area contributed by atoms with E-state index >= 15 is 0 Å². The molecule has 0 saturated carbocycles. The maximum atomic E-state index is 12.9. The number of rotatable bonds is 6. The number of hydrogen-bond donors (Lipinski definition) is 0. The van der Waals surface area contributed by atoms with Gasteiger partial charge in [-0.15, -0.1) is 10.2 Å². The van der Waals surface area contributed by atoms with E-state index in [1.807, 2.05) is 30.3 Å². The number of pyridine rings is 1. The van der Waals surface area contributed by atoms with E-state index in [0.29, 0.717) is 5.89 Å². The second-order valence-corrected chi connectivity index (χ2v) is 7.67. The van der Waals surface area contributed by atoms with Crippen LogP contribution < -0.4 is 0 Å². The summed E-state index contributed by atoms with van der Waals surface area (Å²) in [4.78, 5) is 43.4. The van der Waals surface area contributed by atoms with Gasteiger partial charge in [0, 0.05) is 18.0 Å². The topological polar surface area (TPSA) is 115 Å². The zero-order valence-electron chi connectivity index (χ0n) is 18.0. The van der Waals surface area contributed by atoms with Gasteiger partial charge >= 0.3 is 5.97 Å². The van der Waals surface area contributed by atoms with Gasteiger partial charge in [0.1, 0.15) is 0 Å². The van der Waals surface area contributed by atoms with Crippen molar-refractivity contribution in [3.63, 3.8) is 0 Å². The van der Waals surface area contributed by atoms with Crippen LogP contribution in [0.2, 0.25) is 0 Å². The average Bonchev–Trinajstić information content (AvgIpc) is 3.45. The summed E-state index contributed by atoms with van der Waals surface area (Å²) in [5.74, 6) is -1.10. The number of hydrogen-bond acceptors (Lipinski definition) is 8. The standard InChI is InChI=1S/C25H18N4O5/c1-15(21-27-28-22(34-21)17-5-3-2-4-6-17)33-25(32)18-7-8-19-20(13-18)24(31)29(23(19)30)14-16-9-11-26-12-10-16/h2-13,15H,14H2,1H3. The predicted molar refractivity (Wildman–Crippen MR) is 118 cm³/mol. The van der Waals surface area contributed by atoms with Gasteiger partial charge in [-0.1, -0.05) is 18.2 Å². The van der Waals surface area contributed by atoms with Crippen LogP contribution >= 0.6 is 0 Å². The number of carbonyl (C=O) groups is 3. The van der Waals surface area contributed by atoms with Crippen LogP contribution in [0.1, 0.15) is 55.6 Å². The second kappa shape index (κ2) is 8.70. The Labute approximate surface area is 194 Å². The Bertz CT molecular complexity index is 1380. The van der Waals surface area contributed by atoms with Gasteiger partial charge in [0.2, 0.25) is 5.89 Å². The summed E-state index contributed by atoms with van der Waals surface area (Å²) >= 11 is 0. The van der Waals surface area contributed by atoms with Gasteiger partial charge in [-0.3, -0.25) is 19.5 Å². The Morgan fingerprint density at radius 1 is 0.971 bits per heavy atom. The van der Waals surface area contributed by atoms with Gasteiger partial charge in [0.15, 0.2) is 6.10 Å². The number of ether oxygens (including phenoxy) is 1. The van der Waals surface area contributed by atoms with Crippen molar-refractivity contribution in [1.29, 1.82) is 0 Å². The van der Waals surface area contributed by atoms with E-state index < -0.39 is 23.9 Å². The van der Waals surface area contributed by atoms with Crippen LogP contribution in [0, 0.1) is 0 Å². The number of benzene rings is 2. The Kier molecular flexibility index (Phi) is 5.43. The molecule has 1 aliphatic rings. The first-order chi connectivity index (χ1) is 16.5. The van der Waals surface area contributed by atoms with Gasteiger partial charge < -0.3 is 9.15 Å². The van der Waals surface area contributed by atoms with Crippen LogP contribution in [-0.2, 0) is 11.3 Å². The highest BCUT2D eigenvalue weighted by molar-refractivity contribution is 6.21. The third-order valence-electron chi connectivity index (χ3n) is 5.39. The fourth-order valence-corrected chi connectivity index (χ4v) is 3.61. The molecule has 1 atom stereocenters. The van der Waals surface area contributed by atoms with Crippen molar-refractivity contribution in [2.24, 2.45) is 0 Å². The Balaban J connectivity index is 1.30. The highest BCUT2D eigenvalue weighted by atomic mass is 16.6. The van der Waals surface area contributed by atoms with Crippen molar-refractivity contribution in [1.82, 2.24) is 20.1 Å². The van der Waals surface area contributed by atoms with Gasteiger partial charge in [-0.25, -0.2) is 4.79 Å². The molecule has 34 heavy (non-hydrogen) atoms. The minimum atomic E-state index is -0.814. The number of imide groups is 1. The van der Waals surface area contributed by atoms with Crippen LogP contribution in [0.4, 0.5) is 0 Å². The average molecular weight is 454 g/mol. The molecule has 1 unspecified atom stereocenters. The van der Waals surface area contributed by atoms with Crippen LogP contribution in [0.15, 0.2) is 77.5 Å². The number of aromatic nitrogens is 3. The quantitative estimate of drug-likeness (QED) is 0.319. The maximum Gasteiger partial charge on any atom is 0.338 e. The Morgan fingerprint density at radius 3 is 2.47 bits per heavy atom. The zero-order valence-corrected chi connectivity index (χ0v) is 18.0. The van der Waals surface area contributed by atoms with E-state index in [1.165, 1.54) is 18.2 Å². The summed E-state index contributed by atoms with van der Waals surface area (Å²) in [7, 11) is 0. The van der Waals surface area contributed by atoms with Gasteiger partial charge in [-0.05, 0) is 55.0 Å². The molecule has 2 aromatic carbocycles. The number of fused-ring (bicyclic) bond motifs is 1. The van der Waals surface area contributed by atoms with Crippen molar-refractivity contribution in [2.75, 3.05) is 0 Å². The van der Waals surface area contributed by atoms with E-state index in [4.69, 9.17) is 9.15 Å². The summed E-state index contributed by atoms with van der Waals surface area (Å²) in [6, 6.07) is 17.0. The maximum absolute atomic E-state index is 12.9. The van der Waals surface area contributed by atoms with E-state index in [0.717, 1.165) is 16.0 Å². The summed E-state index contributed by atoms with van der Waals surface area (Å²) in [6.07, 6.45) is 2.37. The van der Waals surface area contributed by atoms with Crippen LogP contribution in [-0.4, -0.2) is 37.9 Å². The van der Waals surface area contributed by atoms with Crippen molar-refractivity contribution in [3.8, 4) is 11.5 Å². The number of carbonyl (C=O) groups excluding carboxylic acids is 3. The van der Waals surface area contributed by atoms with Crippen molar-refractivity contribution in [3.05, 3.63) is 101 Å². The zero-order chi connectivity index (χ0) is 23.7. The van der Waals surface area contributed by atoms with Crippen LogP contribution in [0.25, 0.3) is 11.5 Å². The van der Waals surface area contributed by atoms with Gasteiger partial charge in [0.25, 0.3) is 17.7 Å². The molecule has 2 aromatic heterocycles. The van der Waals surface area contributed by atoms with Crippen molar-refractivity contribution >= 4 is 17.8 Å². The molecular weight excluding hydrogens is 436 g/mol. The molecule has 1 aliphatic heterocycles. The Hall–Kier alpha value is -4.66. The lowest BCUT2D eigenvalue weighted by molar-refractivity contribution is 0.0279. The van der Waals surface area contributed by atoms with E-state index in [-0.39, 0.29) is 29.1 Å². The van der Waals surface area contributed by atoms with Gasteiger partial charge in [-0.2, -0.15) is 0 Å². The van der Waals surface area contributed by atoms with E-state index in [9.17, 15) is 14.4 Å². The number of nitrogens with zero attached hydrogens (tertiary/aromatic N) is 4. The fourth-order valence-electron chi connectivity index (χ4n) is 3.61. The van der Waals surface area contributed by atoms with Crippen LogP contribution in [0.3, 0.4) is 0 Å². The highest BCUT2D eigenvalue weighted by Crippen LogP contribution is 2.27. The normalized spacial score (nSPS) is 13.6. The van der Waals surface area contributed by atoms with Crippen LogP contribution in [0.5, 0.6) is 0 Å². The molecule has 0 bridgehead atoms. The molecule has 168 valence electrons. The molecular formula is C25H18N4O5. The van der Waals surface area contributed by atoms with Gasteiger partial charge in [0.05, 0.1) is 23.2 Å². The highest BCUT2D eigenvalue weighted by Gasteiger charge is 2.36. The summed E-state index contributed by atoms with van der Waals surface area (Å²) in [6.45, 7) is 1.73. The first-order valence-electron chi connectivity index (χ1n) is 10.5. The van der Waals surface area contributed by atoms with Crippen molar-refractivity contribution in [2.45, 2.75) is 19.6 Å². The first kappa shape index (κ1) is 21.2. The minimum absolute atomic E-state index is 0.118. The third-order valence-corrected chi connectivity index (χ3v) is 5.39. The lowest BCUT2D eigenvalue weighted by Gasteiger charge is -2.13. The minimum Gasteiger partial charge on any atom is -0.449 e. The van der Waals surface area contributed by atoms with E-state index in [1.54, 1.807) is 31.5 Å². The molecule has 0 N–H and O–H groups in total. The van der Waals surface area contributed by atoms with E-state index in [2.05, 4.69) is 15.2 Å². The molecule has 0 radical (unpaired) electrons. The molecule has 9 nitrogen and oxygen atoms in total.